The van der Waals surface area contributed by atoms with E-state index in [0.717, 1.165) is 31.6 Å². The molecule has 1 atom stereocenters. The number of hydrogen-bond donors (Lipinski definition) is 1. The molecule has 1 aliphatic carbocycles. The lowest BCUT2D eigenvalue weighted by atomic mass is 9.88. The summed E-state index contributed by atoms with van der Waals surface area (Å²) in [7, 11) is 1.73. The summed E-state index contributed by atoms with van der Waals surface area (Å²) in [6, 6.07) is 7.00. The Labute approximate surface area is 136 Å². The van der Waals surface area contributed by atoms with Crippen LogP contribution in [0.2, 0.25) is 0 Å². The Bertz CT molecular complexity index is 623. The van der Waals surface area contributed by atoms with E-state index < -0.39 is 0 Å². The Morgan fingerprint density at radius 1 is 1.36 bits per heavy atom. The second kappa shape index (κ2) is 7.25. The van der Waals surface area contributed by atoms with Gasteiger partial charge in [0.25, 0.3) is 0 Å². The summed E-state index contributed by atoms with van der Waals surface area (Å²) in [5.41, 5.74) is 4.08. The molecule has 3 rings (SSSR count). The van der Waals surface area contributed by atoms with Crippen LogP contribution in [-0.2, 0) is 25.8 Å². The quantitative estimate of drug-likeness (QED) is 0.881. The first kappa shape index (κ1) is 15.5. The first-order valence-corrected chi connectivity index (χ1v) is 8.99. The highest BCUT2D eigenvalue weighted by Gasteiger charge is 2.19. The fraction of sp³-hybridized carbons (Fsp3) is 0.500. The third-order valence-corrected chi connectivity index (χ3v) is 5.23. The van der Waals surface area contributed by atoms with Crippen molar-refractivity contribution in [3.05, 3.63) is 45.4 Å². The van der Waals surface area contributed by atoms with Gasteiger partial charge in [-0.3, -0.25) is 0 Å². The second-order valence-corrected chi connectivity index (χ2v) is 6.88. The molecule has 1 heterocycles. The van der Waals surface area contributed by atoms with Gasteiger partial charge < -0.3 is 10.1 Å². The minimum atomic E-state index is 0.538. The maximum absolute atomic E-state index is 5.34. The number of aromatic nitrogens is 1. The molecule has 3 nitrogen and oxygen atoms in total. The zero-order valence-corrected chi connectivity index (χ0v) is 14.2. The number of fused-ring (bicyclic) bond motifs is 1. The van der Waals surface area contributed by atoms with Crippen LogP contribution in [0.4, 0.5) is 0 Å². The predicted octanol–water partition coefficient (Wildman–Crippen LogP) is 3.75. The molecule has 0 radical (unpaired) electrons. The molecule has 0 spiro atoms. The van der Waals surface area contributed by atoms with E-state index in [1.54, 1.807) is 18.4 Å². The maximum Gasteiger partial charge on any atom is 0.119 e. The Morgan fingerprint density at radius 3 is 3.09 bits per heavy atom. The minimum absolute atomic E-state index is 0.538. The molecule has 0 bridgehead atoms. The van der Waals surface area contributed by atoms with Gasteiger partial charge in [0.2, 0.25) is 0 Å². The van der Waals surface area contributed by atoms with Crippen molar-refractivity contribution in [1.82, 2.24) is 10.3 Å². The van der Waals surface area contributed by atoms with E-state index in [2.05, 4.69) is 35.8 Å². The lowest BCUT2D eigenvalue weighted by Crippen LogP contribution is -2.34. The van der Waals surface area contributed by atoms with E-state index >= 15 is 0 Å². The van der Waals surface area contributed by atoms with Crippen molar-refractivity contribution >= 4 is 11.3 Å². The first-order chi connectivity index (χ1) is 10.8. The number of nitrogens with one attached hydrogen (secondary N) is 1. The fourth-order valence-electron chi connectivity index (χ4n) is 3.04. The standard InChI is InChI=1S/C18H24N2OS/c1-3-4-18-20-16(12-22-18)11-19-15-7-5-13-6-8-17(21-2)10-14(13)9-15/h6,8,10,12,15,19H,3-5,7,9,11H2,1-2H3/t15-/m0/s1. The third kappa shape index (κ3) is 3.68. The number of rotatable bonds is 6. The highest BCUT2D eigenvalue weighted by Crippen LogP contribution is 2.25. The van der Waals surface area contributed by atoms with Crippen LogP contribution in [0.1, 0.15) is 41.6 Å². The summed E-state index contributed by atoms with van der Waals surface area (Å²) in [6.07, 6.45) is 5.70. The lowest BCUT2D eigenvalue weighted by Gasteiger charge is -2.25. The van der Waals surface area contributed by atoms with E-state index in [9.17, 15) is 0 Å². The summed E-state index contributed by atoms with van der Waals surface area (Å²) in [5.74, 6) is 0.961. The number of ether oxygens (including phenoxy) is 1. The number of methoxy groups -OCH3 is 1. The molecule has 2 aromatic rings. The average Bonchev–Trinajstić information content (AvgIpc) is 3.00. The van der Waals surface area contributed by atoms with Crippen LogP contribution in [0.15, 0.2) is 23.6 Å². The van der Waals surface area contributed by atoms with Crippen LogP contribution >= 0.6 is 11.3 Å². The molecule has 4 heteroatoms. The van der Waals surface area contributed by atoms with Gasteiger partial charge >= 0.3 is 0 Å². The van der Waals surface area contributed by atoms with Crippen molar-refractivity contribution in [1.29, 1.82) is 0 Å². The van der Waals surface area contributed by atoms with Crippen molar-refractivity contribution < 1.29 is 4.74 Å². The van der Waals surface area contributed by atoms with E-state index in [1.807, 2.05) is 0 Å². The summed E-state index contributed by atoms with van der Waals surface area (Å²) >= 11 is 1.79. The molecule has 0 fully saturated rings. The first-order valence-electron chi connectivity index (χ1n) is 8.11. The largest absolute Gasteiger partial charge is 0.497 e. The SMILES string of the molecule is CCCc1nc(CN[C@H]2CCc3ccc(OC)cc3C2)cs1. The Morgan fingerprint density at radius 2 is 2.27 bits per heavy atom. The molecule has 0 saturated heterocycles. The van der Waals surface area contributed by atoms with Crippen molar-refractivity contribution in [2.75, 3.05) is 7.11 Å². The molecule has 0 unspecified atom stereocenters. The Hall–Kier alpha value is -1.39. The monoisotopic (exact) mass is 316 g/mol. The predicted molar refractivity (Wildman–Crippen MR) is 91.8 cm³/mol. The summed E-state index contributed by atoms with van der Waals surface area (Å²) < 4.78 is 5.34. The van der Waals surface area contributed by atoms with Gasteiger partial charge in [0.1, 0.15) is 5.75 Å². The zero-order chi connectivity index (χ0) is 15.4. The number of hydrogen-bond acceptors (Lipinski definition) is 4. The molecule has 1 N–H and O–H groups in total. The fourth-order valence-corrected chi connectivity index (χ4v) is 3.94. The van der Waals surface area contributed by atoms with Crippen LogP contribution < -0.4 is 10.1 Å². The van der Waals surface area contributed by atoms with Crippen molar-refractivity contribution in [2.45, 2.75) is 51.6 Å². The van der Waals surface area contributed by atoms with Gasteiger partial charge in [0.05, 0.1) is 17.8 Å². The molecule has 0 saturated carbocycles. The third-order valence-electron chi connectivity index (χ3n) is 4.28. The van der Waals surface area contributed by atoms with E-state index in [0.29, 0.717) is 6.04 Å². The van der Waals surface area contributed by atoms with Gasteiger partial charge in [-0.15, -0.1) is 11.3 Å². The van der Waals surface area contributed by atoms with Crippen molar-refractivity contribution in [3.8, 4) is 5.75 Å². The summed E-state index contributed by atoms with van der Waals surface area (Å²) in [5, 5.41) is 7.13. The topological polar surface area (TPSA) is 34.2 Å². The smallest absolute Gasteiger partial charge is 0.119 e. The zero-order valence-electron chi connectivity index (χ0n) is 13.4. The highest BCUT2D eigenvalue weighted by atomic mass is 32.1. The molecule has 0 aliphatic heterocycles. The lowest BCUT2D eigenvalue weighted by molar-refractivity contribution is 0.410. The molecular formula is C18H24N2OS. The van der Waals surface area contributed by atoms with Crippen LogP contribution in [0.25, 0.3) is 0 Å². The Balaban J connectivity index is 1.57. The summed E-state index contributed by atoms with van der Waals surface area (Å²) in [4.78, 5) is 4.69. The van der Waals surface area contributed by atoms with E-state index in [4.69, 9.17) is 9.72 Å². The van der Waals surface area contributed by atoms with Crippen LogP contribution in [-0.4, -0.2) is 18.1 Å². The molecule has 1 aromatic carbocycles. The van der Waals surface area contributed by atoms with Crippen molar-refractivity contribution in [2.24, 2.45) is 0 Å². The molecule has 22 heavy (non-hydrogen) atoms. The van der Waals surface area contributed by atoms with Gasteiger partial charge in [0.15, 0.2) is 0 Å². The number of aryl methyl sites for hydroxylation is 2. The van der Waals surface area contributed by atoms with Gasteiger partial charge in [-0.2, -0.15) is 0 Å². The van der Waals surface area contributed by atoms with Gasteiger partial charge in [-0.1, -0.05) is 13.0 Å². The minimum Gasteiger partial charge on any atom is -0.497 e. The van der Waals surface area contributed by atoms with E-state index in [1.165, 1.54) is 34.7 Å². The molecule has 118 valence electrons. The van der Waals surface area contributed by atoms with Gasteiger partial charge in [-0.05, 0) is 55.4 Å². The van der Waals surface area contributed by atoms with Crippen LogP contribution in [0, 0.1) is 0 Å². The molecular weight excluding hydrogens is 292 g/mol. The number of benzene rings is 1. The summed E-state index contributed by atoms with van der Waals surface area (Å²) in [6.45, 7) is 3.08. The van der Waals surface area contributed by atoms with Gasteiger partial charge in [0, 0.05) is 18.0 Å². The van der Waals surface area contributed by atoms with E-state index in [-0.39, 0.29) is 0 Å². The number of thiazole rings is 1. The number of nitrogens with zero attached hydrogens (tertiary/aromatic N) is 1. The normalized spacial score (nSPS) is 17.3. The molecule has 0 amide bonds. The average molecular weight is 316 g/mol. The Kier molecular flexibility index (Phi) is 5.11. The molecule has 1 aromatic heterocycles. The maximum atomic E-state index is 5.34. The van der Waals surface area contributed by atoms with Crippen molar-refractivity contribution in [3.63, 3.8) is 0 Å². The van der Waals surface area contributed by atoms with Crippen LogP contribution in [0.5, 0.6) is 5.75 Å². The highest BCUT2D eigenvalue weighted by molar-refractivity contribution is 7.09. The second-order valence-electron chi connectivity index (χ2n) is 5.94. The van der Waals surface area contributed by atoms with Gasteiger partial charge in [-0.25, -0.2) is 4.98 Å². The molecule has 1 aliphatic rings. The van der Waals surface area contributed by atoms with Crippen LogP contribution in [0.3, 0.4) is 0 Å².